The molecule has 1 aliphatic heterocycles. The summed E-state index contributed by atoms with van der Waals surface area (Å²) in [6.45, 7) is -0.625. The summed E-state index contributed by atoms with van der Waals surface area (Å²) < 4.78 is 16.5. The minimum atomic E-state index is -1.63. The van der Waals surface area contributed by atoms with Crippen LogP contribution in [0.5, 0.6) is 23.0 Å². The maximum absolute atomic E-state index is 12.6. The summed E-state index contributed by atoms with van der Waals surface area (Å²) in [6.07, 6.45) is -7.42. The topological polar surface area (TPSA) is 190 Å². The van der Waals surface area contributed by atoms with Gasteiger partial charge in [-0.15, -0.1) is 0 Å². The van der Waals surface area contributed by atoms with E-state index in [2.05, 4.69) is 0 Å². The molecule has 1 aliphatic rings. The fourth-order valence-electron chi connectivity index (χ4n) is 3.40. The van der Waals surface area contributed by atoms with Crippen LogP contribution in [0.15, 0.2) is 45.6 Å². The maximum atomic E-state index is 12.6. The summed E-state index contributed by atoms with van der Waals surface area (Å²) in [5.41, 5.74) is -0.650. The zero-order valence-corrected chi connectivity index (χ0v) is 16.3. The van der Waals surface area contributed by atoms with E-state index in [1.165, 1.54) is 24.3 Å². The summed E-state index contributed by atoms with van der Waals surface area (Å²) in [6, 6.07) is 7.51. The Morgan fingerprint density at radius 3 is 2.34 bits per heavy atom. The smallest absolute Gasteiger partial charge is 0.235 e. The highest BCUT2D eigenvalue weighted by Gasteiger charge is 2.44. The fourth-order valence-corrected chi connectivity index (χ4v) is 3.40. The van der Waals surface area contributed by atoms with Crippen LogP contribution in [0.2, 0.25) is 0 Å². The molecule has 1 saturated heterocycles. The Hall–Kier alpha value is -3.35. The fraction of sp³-hybridized carbons (Fsp3) is 0.286. The zero-order valence-electron chi connectivity index (χ0n) is 16.3. The molecular weight excluding hydrogens is 428 g/mol. The van der Waals surface area contributed by atoms with Crippen molar-refractivity contribution in [2.24, 2.45) is 0 Å². The molecular formula is C21H20O11. The average molecular weight is 448 g/mol. The third-order valence-electron chi connectivity index (χ3n) is 5.18. The number of benzene rings is 2. The van der Waals surface area contributed by atoms with E-state index in [0.29, 0.717) is 0 Å². The van der Waals surface area contributed by atoms with Crippen molar-refractivity contribution in [3.8, 4) is 34.3 Å². The van der Waals surface area contributed by atoms with Gasteiger partial charge in [0.1, 0.15) is 35.7 Å². The Labute approximate surface area is 179 Å². The number of aromatic hydroxyl groups is 3. The van der Waals surface area contributed by atoms with Crippen molar-refractivity contribution in [1.82, 2.24) is 0 Å². The van der Waals surface area contributed by atoms with E-state index in [-0.39, 0.29) is 28.0 Å². The highest BCUT2D eigenvalue weighted by Crippen LogP contribution is 2.36. The van der Waals surface area contributed by atoms with Gasteiger partial charge in [-0.25, -0.2) is 0 Å². The molecule has 0 bridgehead atoms. The second-order valence-electron chi connectivity index (χ2n) is 7.29. The standard InChI is InChI=1S/C21H20O11/c22-7-14-16(26)17(27)19(29)21(32-14)30-9-2-3-10-13(6-9)31-20(18(28)15(10)25)8-1-4-11(23)12(24)5-8/h1-6,14,16-17,19,21-24,26-29H,7H2/t14-,16+,17-,19+,21+/m0/s1. The van der Waals surface area contributed by atoms with E-state index in [9.17, 15) is 40.5 Å². The van der Waals surface area contributed by atoms with Crippen molar-refractivity contribution in [1.29, 1.82) is 0 Å². The van der Waals surface area contributed by atoms with Gasteiger partial charge in [0, 0.05) is 11.6 Å². The molecule has 1 aromatic heterocycles. The van der Waals surface area contributed by atoms with Crippen LogP contribution in [0.3, 0.4) is 0 Å². The van der Waals surface area contributed by atoms with Crippen LogP contribution >= 0.6 is 0 Å². The SMILES string of the molecule is O=c1c(O)c(-c2ccc(O)c(O)c2)oc2cc(O[C@@H]3O[C@@H](CO)[C@@H](O)[C@H](O)[C@H]3O)ccc12. The Morgan fingerprint density at radius 1 is 0.906 bits per heavy atom. The molecule has 11 nitrogen and oxygen atoms in total. The quantitative estimate of drug-likeness (QED) is 0.261. The summed E-state index contributed by atoms with van der Waals surface area (Å²) in [4.78, 5) is 12.6. The van der Waals surface area contributed by atoms with E-state index in [1.54, 1.807) is 0 Å². The lowest BCUT2D eigenvalue weighted by atomic mass is 9.99. The van der Waals surface area contributed by atoms with Crippen LogP contribution in [-0.4, -0.2) is 73.1 Å². The largest absolute Gasteiger partial charge is 0.504 e. The van der Waals surface area contributed by atoms with Crippen molar-refractivity contribution in [2.45, 2.75) is 30.7 Å². The van der Waals surface area contributed by atoms with E-state index < -0.39 is 60.0 Å². The molecule has 0 radical (unpaired) electrons. The monoisotopic (exact) mass is 448 g/mol. The van der Waals surface area contributed by atoms with Gasteiger partial charge >= 0.3 is 0 Å². The second-order valence-corrected chi connectivity index (χ2v) is 7.29. The Bertz CT molecular complexity index is 1200. The van der Waals surface area contributed by atoms with Gasteiger partial charge < -0.3 is 49.6 Å². The number of phenols is 2. The molecule has 32 heavy (non-hydrogen) atoms. The zero-order chi connectivity index (χ0) is 23.2. The van der Waals surface area contributed by atoms with Crippen molar-refractivity contribution in [3.63, 3.8) is 0 Å². The van der Waals surface area contributed by atoms with E-state index in [0.717, 1.165) is 12.1 Å². The van der Waals surface area contributed by atoms with Gasteiger partial charge in [-0.2, -0.15) is 0 Å². The Kier molecular flexibility index (Phi) is 5.67. The van der Waals surface area contributed by atoms with Gasteiger partial charge in [-0.05, 0) is 30.3 Å². The van der Waals surface area contributed by atoms with E-state index in [4.69, 9.17) is 13.9 Å². The van der Waals surface area contributed by atoms with Crippen LogP contribution in [0.4, 0.5) is 0 Å². The number of rotatable bonds is 4. The molecule has 170 valence electrons. The summed E-state index contributed by atoms with van der Waals surface area (Å²) in [5, 5.41) is 68.6. The van der Waals surface area contributed by atoms with Crippen molar-refractivity contribution < 1.29 is 49.6 Å². The van der Waals surface area contributed by atoms with Crippen molar-refractivity contribution in [2.75, 3.05) is 6.61 Å². The number of fused-ring (bicyclic) bond motifs is 1. The first-order valence-electron chi connectivity index (χ1n) is 9.50. The molecule has 1 fully saturated rings. The summed E-state index contributed by atoms with van der Waals surface area (Å²) in [5.74, 6) is -1.79. The molecule has 0 amide bonds. The number of ether oxygens (including phenoxy) is 2. The molecule has 0 saturated carbocycles. The minimum absolute atomic E-state index is 0.00963. The molecule has 4 rings (SSSR count). The van der Waals surface area contributed by atoms with Gasteiger partial charge in [-0.1, -0.05) is 0 Å². The predicted octanol–water partition coefficient (Wildman–Crippen LogP) is -0.245. The van der Waals surface area contributed by atoms with Crippen LogP contribution in [0.1, 0.15) is 0 Å². The van der Waals surface area contributed by atoms with Crippen LogP contribution in [0, 0.1) is 0 Å². The molecule has 2 heterocycles. The number of hydrogen-bond acceptors (Lipinski definition) is 11. The molecule has 11 heteroatoms. The lowest BCUT2D eigenvalue weighted by Gasteiger charge is -2.39. The molecule has 0 aliphatic carbocycles. The lowest BCUT2D eigenvalue weighted by Crippen LogP contribution is -2.60. The van der Waals surface area contributed by atoms with Crippen LogP contribution in [0.25, 0.3) is 22.3 Å². The molecule has 2 aromatic carbocycles. The first-order chi connectivity index (χ1) is 15.2. The number of phenolic OH excluding ortho intramolecular Hbond substituents is 2. The van der Waals surface area contributed by atoms with Gasteiger partial charge in [0.25, 0.3) is 0 Å². The first-order valence-corrected chi connectivity index (χ1v) is 9.50. The summed E-state index contributed by atoms with van der Waals surface area (Å²) >= 11 is 0. The molecule has 7 N–H and O–H groups in total. The van der Waals surface area contributed by atoms with Gasteiger partial charge in [0.05, 0.1) is 12.0 Å². The Morgan fingerprint density at radius 2 is 1.66 bits per heavy atom. The third kappa shape index (κ3) is 3.72. The van der Waals surface area contributed by atoms with Gasteiger partial charge in [0.2, 0.25) is 17.5 Å². The highest BCUT2D eigenvalue weighted by atomic mass is 16.7. The first kappa shape index (κ1) is 21.9. The number of aliphatic hydroxyl groups is 4. The predicted molar refractivity (Wildman–Crippen MR) is 107 cm³/mol. The van der Waals surface area contributed by atoms with Crippen molar-refractivity contribution >= 4 is 11.0 Å². The van der Waals surface area contributed by atoms with E-state index >= 15 is 0 Å². The normalized spacial score (nSPS) is 25.7. The molecule has 3 aromatic rings. The van der Waals surface area contributed by atoms with Gasteiger partial charge in [0.15, 0.2) is 17.3 Å². The molecule has 0 spiro atoms. The van der Waals surface area contributed by atoms with E-state index in [1.807, 2.05) is 0 Å². The van der Waals surface area contributed by atoms with Crippen LogP contribution < -0.4 is 10.2 Å². The number of hydrogen-bond donors (Lipinski definition) is 7. The molecule has 5 atom stereocenters. The minimum Gasteiger partial charge on any atom is -0.504 e. The maximum Gasteiger partial charge on any atom is 0.235 e. The molecule has 0 unspecified atom stereocenters. The van der Waals surface area contributed by atoms with Crippen molar-refractivity contribution in [3.05, 3.63) is 46.6 Å². The van der Waals surface area contributed by atoms with Gasteiger partial charge in [-0.3, -0.25) is 4.79 Å². The third-order valence-corrected chi connectivity index (χ3v) is 5.18. The Balaban J connectivity index is 1.71. The second kappa shape index (κ2) is 8.30. The lowest BCUT2D eigenvalue weighted by molar-refractivity contribution is -0.277. The van der Waals surface area contributed by atoms with Crippen LogP contribution in [-0.2, 0) is 4.74 Å². The highest BCUT2D eigenvalue weighted by molar-refractivity contribution is 5.83. The summed E-state index contributed by atoms with van der Waals surface area (Å²) in [7, 11) is 0. The average Bonchev–Trinajstić information content (AvgIpc) is 2.78. The number of aliphatic hydroxyl groups excluding tert-OH is 4.